The maximum atomic E-state index is 12.4. The Kier molecular flexibility index (Phi) is 6.94. The normalized spacial score (nSPS) is 28.6. The van der Waals surface area contributed by atoms with E-state index in [4.69, 9.17) is 10.2 Å². The van der Waals surface area contributed by atoms with Crippen molar-refractivity contribution in [3.8, 4) is 0 Å². The van der Waals surface area contributed by atoms with E-state index in [2.05, 4.69) is 28.0 Å². The second kappa shape index (κ2) is 9.54. The van der Waals surface area contributed by atoms with E-state index in [1.165, 1.54) is 49.9 Å². The van der Waals surface area contributed by atoms with Gasteiger partial charge < -0.3 is 10.4 Å². The van der Waals surface area contributed by atoms with Crippen LogP contribution in [0.1, 0.15) is 94.9 Å². The largest absolute Gasteiger partial charge is 0.481 e. The predicted molar refractivity (Wildman–Crippen MR) is 124 cm³/mol. The lowest BCUT2D eigenvalue weighted by molar-refractivity contribution is -0.139. The molecule has 7 nitrogen and oxygen atoms in total. The first-order valence-corrected chi connectivity index (χ1v) is 12.5. The number of piperidine rings is 3. The third kappa shape index (κ3) is 5.36. The molecule has 2 bridgehead atoms. The molecule has 178 valence electrons. The van der Waals surface area contributed by atoms with Gasteiger partial charge in [-0.05, 0) is 49.6 Å². The first-order chi connectivity index (χ1) is 15.2. The molecular weight excluding hydrogens is 404 g/mol. The highest BCUT2D eigenvalue weighted by Gasteiger charge is 2.42. The summed E-state index contributed by atoms with van der Waals surface area (Å²) in [5.74, 6) is 0.906. The van der Waals surface area contributed by atoms with Gasteiger partial charge in [0.15, 0.2) is 0 Å². The summed E-state index contributed by atoms with van der Waals surface area (Å²) in [6, 6.07) is 2.77. The molecular formula is C25H40N4O3. The third-order valence-corrected chi connectivity index (χ3v) is 8.02. The zero-order valence-electron chi connectivity index (χ0n) is 20.0. The van der Waals surface area contributed by atoms with Crippen molar-refractivity contribution < 1.29 is 14.7 Å². The molecule has 7 heteroatoms. The lowest BCUT2D eigenvalue weighted by Crippen LogP contribution is -2.56. The Labute approximate surface area is 191 Å². The highest BCUT2D eigenvalue weighted by atomic mass is 16.4. The van der Waals surface area contributed by atoms with Crippen LogP contribution in [0.4, 0.5) is 0 Å². The van der Waals surface area contributed by atoms with Gasteiger partial charge in [-0.25, -0.2) is 0 Å². The molecule has 1 aliphatic carbocycles. The second-order valence-electron chi connectivity index (χ2n) is 11.2. The Morgan fingerprint density at radius 3 is 2.59 bits per heavy atom. The molecule has 4 fully saturated rings. The first-order valence-electron chi connectivity index (χ1n) is 12.5. The molecule has 0 spiro atoms. The van der Waals surface area contributed by atoms with Gasteiger partial charge in [0.05, 0.1) is 12.1 Å². The molecule has 1 amide bonds. The predicted octanol–water partition coefficient (Wildman–Crippen LogP) is 3.65. The van der Waals surface area contributed by atoms with Crippen molar-refractivity contribution in [3.05, 3.63) is 17.5 Å². The van der Waals surface area contributed by atoms with E-state index >= 15 is 0 Å². The Balaban J connectivity index is 1.33. The van der Waals surface area contributed by atoms with Crippen molar-refractivity contribution in [3.63, 3.8) is 0 Å². The molecule has 32 heavy (non-hydrogen) atoms. The standard InChI is InChI=1S/C25H40N4O3/c1-25(2,14-24(31)32)13-23(30)26-15-19-11-18-9-10-29(19)16-20(18)22-12-21(27-28(22)3)17-7-5-4-6-8-17/h12,17-20H,4-11,13-16H2,1-3H3,(H,26,30)(H,31,32). The van der Waals surface area contributed by atoms with Gasteiger partial charge in [-0.1, -0.05) is 33.1 Å². The molecule has 4 unspecified atom stereocenters. The smallest absolute Gasteiger partial charge is 0.303 e. The number of carbonyl (C=O) groups is 2. The average Bonchev–Trinajstić information content (AvgIpc) is 3.13. The second-order valence-corrected chi connectivity index (χ2v) is 11.2. The van der Waals surface area contributed by atoms with Crippen LogP contribution in [0.15, 0.2) is 6.07 Å². The van der Waals surface area contributed by atoms with Crippen LogP contribution in [-0.4, -0.2) is 57.3 Å². The van der Waals surface area contributed by atoms with E-state index in [1.807, 2.05) is 13.8 Å². The number of nitrogens with one attached hydrogen (secondary N) is 1. The summed E-state index contributed by atoms with van der Waals surface area (Å²) >= 11 is 0. The summed E-state index contributed by atoms with van der Waals surface area (Å²) in [5, 5.41) is 17.1. The summed E-state index contributed by atoms with van der Waals surface area (Å²) in [4.78, 5) is 26.0. The van der Waals surface area contributed by atoms with Gasteiger partial charge in [-0.3, -0.25) is 19.2 Å². The lowest BCUT2D eigenvalue weighted by Gasteiger charge is -2.50. The number of aliphatic carboxylic acids is 1. The van der Waals surface area contributed by atoms with Gasteiger partial charge in [0.2, 0.25) is 5.91 Å². The zero-order chi connectivity index (χ0) is 22.9. The Morgan fingerprint density at radius 2 is 1.94 bits per heavy atom. The number of fused-ring (bicyclic) bond motifs is 3. The van der Waals surface area contributed by atoms with Gasteiger partial charge in [0.1, 0.15) is 0 Å². The Morgan fingerprint density at radius 1 is 1.19 bits per heavy atom. The van der Waals surface area contributed by atoms with E-state index < -0.39 is 11.4 Å². The summed E-state index contributed by atoms with van der Waals surface area (Å²) < 4.78 is 2.14. The van der Waals surface area contributed by atoms with Crippen LogP contribution in [-0.2, 0) is 16.6 Å². The molecule has 4 heterocycles. The van der Waals surface area contributed by atoms with Crippen LogP contribution >= 0.6 is 0 Å². The summed E-state index contributed by atoms with van der Waals surface area (Å²) in [6.45, 7) is 6.47. The number of hydrogen-bond donors (Lipinski definition) is 2. The number of hydrogen-bond acceptors (Lipinski definition) is 4. The van der Waals surface area contributed by atoms with Crippen molar-refractivity contribution in [1.82, 2.24) is 20.0 Å². The minimum atomic E-state index is -0.855. The van der Waals surface area contributed by atoms with Gasteiger partial charge in [0.25, 0.3) is 0 Å². The maximum Gasteiger partial charge on any atom is 0.303 e. The number of carboxylic acid groups (broad SMARTS) is 1. The number of amides is 1. The van der Waals surface area contributed by atoms with Crippen molar-refractivity contribution in [1.29, 1.82) is 0 Å². The highest BCUT2D eigenvalue weighted by molar-refractivity contribution is 5.77. The van der Waals surface area contributed by atoms with Crippen molar-refractivity contribution >= 4 is 11.9 Å². The fourth-order valence-corrected chi connectivity index (χ4v) is 6.34. The van der Waals surface area contributed by atoms with Gasteiger partial charge >= 0.3 is 5.97 Å². The van der Waals surface area contributed by atoms with Crippen LogP contribution in [0.25, 0.3) is 0 Å². The minimum absolute atomic E-state index is 0.00722. The van der Waals surface area contributed by atoms with Crippen LogP contribution in [0.5, 0.6) is 0 Å². The fraction of sp³-hybridized carbons (Fsp3) is 0.800. The summed E-state index contributed by atoms with van der Waals surface area (Å²) in [5.41, 5.74) is 2.16. The number of nitrogens with zero attached hydrogens (tertiary/aromatic N) is 3. The number of carboxylic acids is 1. The molecule has 3 aliphatic heterocycles. The SMILES string of the molecule is Cn1nc(C2CCCCC2)cc1C1CN2CCC1CC2CNC(=O)CC(C)(C)CC(=O)O. The van der Waals surface area contributed by atoms with Gasteiger partial charge in [-0.15, -0.1) is 0 Å². The number of aryl methyl sites for hydroxylation is 1. The third-order valence-electron chi connectivity index (χ3n) is 8.02. The van der Waals surface area contributed by atoms with Crippen molar-refractivity contribution in [2.45, 2.75) is 89.5 Å². The molecule has 4 atom stereocenters. The lowest BCUT2D eigenvalue weighted by atomic mass is 9.74. The van der Waals surface area contributed by atoms with Gasteiger partial charge in [-0.2, -0.15) is 5.10 Å². The van der Waals surface area contributed by atoms with Crippen molar-refractivity contribution in [2.24, 2.45) is 18.4 Å². The van der Waals surface area contributed by atoms with Crippen LogP contribution in [0.2, 0.25) is 0 Å². The topological polar surface area (TPSA) is 87.5 Å². The average molecular weight is 445 g/mol. The molecule has 3 saturated heterocycles. The van der Waals surface area contributed by atoms with E-state index in [0.717, 1.165) is 19.5 Å². The monoisotopic (exact) mass is 444 g/mol. The Bertz CT molecular complexity index is 827. The fourth-order valence-electron chi connectivity index (χ4n) is 6.34. The Hall–Kier alpha value is -1.89. The summed E-state index contributed by atoms with van der Waals surface area (Å²) in [7, 11) is 2.11. The van der Waals surface area contributed by atoms with E-state index in [1.54, 1.807) is 0 Å². The van der Waals surface area contributed by atoms with E-state index in [9.17, 15) is 9.59 Å². The van der Waals surface area contributed by atoms with Crippen LogP contribution < -0.4 is 5.32 Å². The number of aromatic nitrogens is 2. The number of carbonyl (C=O) groups excluding carboxylic acids is 1. The van der Waals surface area contributed by atoms with E-state index in [-0.39, 0.29) is 18.7 Å². The van der Waals surface area contributed by atoms with Crippen LogP contribution in [0, 0.1) is 11.3 Å². The first kappa shape index (κ1) is 23.3. The molecule has 1 aromatic heterocycles. The number of rotatable bonds is 8. The molecule has 1 saturated carbocycles. The molecule has 0 aromatic carbocycles. The van der Waals surface area contributed by atoms with Gasteiger partial charge in [0, 0.05) is 50.1 Å². The highest BCUT2D eigenvalue weighted by Crippen LogP contribution is 2.43. The zero-order valence-corrected chi connectivity index (χ0v) is 20.0. The molecule has 0 radical (unpaired) electrons. The maximum absolute atomic E-state index is 12.4. The minimum Gasteiger partial charge on any atom is -0.481 e. The molecule has 5 rings (SSSR count). The summed E-state index contributed by atoms with van der Waals surface area (Å²) in [6.07, 6.45) is 9.16. The van der Waals surface area contributed by atoms with Crippen molar-refractivity contribution in [2.75, 3.05) is 19.6 Å². The molecule has 2 N–H and O–H groups in total. The quantitative estimate of drug-likeness (QED) is 0.639. The molecule has 4 aliphatic rings. The van der Waals surface area contributed by atoms with Crippen LogP contribution in [0.3, 0.4) is 0 Å². The van der Waals surface area contributed by atoms with E-state index in [0.29, 0.717) is 30.3 Å². The molecule has 1 aromatic rings.